The van der Waals surface area contributed by atoms with Crippen molar-refractivity contribution >= 4 is 17.9 Å². The van der Waals surface area contributed by atoms with Crippen LogP contribution in [0, 0.1) is 0 Å². The van der Waals surface area contributed by atoms with E-state index in [2.05, 4.69) is 13.2 Å². The fourth-order valence-corrected chi connectivity index (χ4v) is 0.258. The monoisotopic (exact) mass is 202 g/mol. The van der Waals surface area contributed by atoms with Crippen LogP contribution in [0.5, 0.6) is 0 Å². The molecule has 0 atom stereocenters. The molecule has 0 aliphatic heterocycles. The van der Waals surface area contributed by atoms with E-state index in [1.54, 1.807) is 0 Å². The van der Waals surface area contributed by atoms with Crippen LogP contribution >= 0.6 is 0 Å². The summed E-state index contributed by atoms with van der Waals surface area (Å²) < 4.78 is 0. The van der Waals surface area contributed by atoms with Gasteiger partial charge in [0.1, 0.15) is 0 Å². The second kappa shape index (κ2) is 7.53. The molecule has 14 heavy (non-hydrogen) atoms. The van der Waals surface area contributed by atoms with Gasteiger partial charge >= 0.3 is 17.9 Å². The van der Waals surface area contributed by atoms with Crippen molar-refractivity contribution in [3.05, 3.63) is 24.8 Å². The summed E-state index contributed by atoms with van der Waals surface area (Å²) in [7, 11) is 0. The molecule has 0 radical (unpaired) electrons. The summed E-state index contributed by atoms with van der Waals surface area (Å²) in [5.74, 6) is -3.43. The van der Waals surface area contributed by atoms with Crippen molar-refractivity contribution in [3.8, 4) is 0 Å². The maximum absolute atomic E-state index is 9.87. The third-order valence-corrected chi connectivity index (χ3v) is 0.842. The molecule has 0 unspecified atom stereocenters. The highest BCUT2D eigenvalue weighted by Crippen LogP contribution is 1.95. The first-order chi connectivity index (χ1) is 6.31. The van der Waals surface area contributed by atoms with E-state index in [9.17, 15) is 14.4 Å². The molecule has 0 aliphatic rings. The molecular formula is C8H10O6. The van der Waals surface area contributed by atoms with Crippen LogP contribution in [0.1, 0.15) is 6.42 Å². The SMILES string of the molecule is C=C(CC(=O)O)C(=O)O.C=CC(=O)O. The van der Waals surface area contributed by atoms with Crippen molar-refractivity contribution in [1.29, 1.82) is 0 Å². The quantitative estimate of drug-likeness (QED) is 0.567. The average molecular weight is 202 g/mol. The van der Waals surface area contributed by atoms with Gasteiger partial charge in [-0.25, -0.2) is 9.59 Å². The van der Waals surface area contributed by atoms with Crippen molar-refractivity contribution in [2.24, 2.45) is 0 Å². The Hall–Kier alpha value is -2.11. The Bertz CT molecular complexity index is 265. The van der Waals surface area contributed by atoms with E-state index >= 15 is 0 Å². The third kappa shape index (κ3) is 12.6. The summed E-state index contributed by atoms with van der Waals surface area (Å²) in [5, 5.41) is 23.7. The summed E-state index contributed by atoms with van der Waals surface area (Å²) >= 11 is 0. The normalized spacial score (nSPS) is 7.71. The van der Waals surface area contributed by atoms with Crippen LogP contribution in [0.3, 0.4) is 0 Å². The highest BCUT2D eigenvalue weighted by atomic mass is 16.4. The van der Waals surface area contributed by atoms with Crippen LogP contribution in [0.2, 0.25) is 0 Å². The Kier molecular flexibility index (Phi) is 7.76. The average Bonchev–Trinajstić information content (AvgIpc) is 2.04. The topological polar surface area (TPSA) is 112 Å². The molecule has 0 amide bonds. The Morgan fingerprint density at radius 3 is 1.57 bits per heavy atom. The molecule has 0 bridgehead atoms. The molecular weight excluding hydrogens is 192 g/mol. The Morgan fingerprint density at radius 2 is 1.50 bits per heavy atom. The molecule has 0 fully saturated rings. The predicted molar refractivity (Wildman–Crippen MR) is 46.9 cm³/mol. The van der Waals surface area contributed by atoms with E-state index < -0.39 is 24.3 Å². The van der Waals surface area contributed by atoms with Gasteiger partial charge in [0.25, 0.3) is 0 Å². The second-order valence-electron chi connectivity index (χ2n) is 2.02. The summed E-state index contributed by atoms with van der Waals surface area (Å²) in [6.45, 7) is 5.97. The van der Waals surface area contributed by atoms with Crippen LogP contribution in [-0.4, -0.2) is 33.2 Å². The number of aliphatic carboxylic acids is 3. The predicted octanol–water partition coefficient (Wildman–Crippen LogP) is 0.359. The van der Waals surface area contributed by atoms with Gasteiger partial charge in [-0.2, -0.15) is 0 Å². The number of carboxylic acid groups (broad SMARTS) is 3. The lowest BCUT2D eigenvalue weighted by molar-refractivity contribution is -0.139. The summed E-state index contributed by atoms with van der Waals surface area (Å²) in [5.41, 5.74) is -0.303. The van der Waals surface area contributed by atoms with Gasteiger partial charge in [-0.15, -0.1) is 0 Å². The van der Waals surface area contributed by atoms with Crippen LogP contribution < -0.4 is 0 Å². The fraction of sp³-hybridized carbons (Fsp3) is 0.125. The van der Waals surface area contributed by atoms with Gasteiger partial charge in [-0.1, -0.05) is 13.2 Å². The van der Waals surface area contributed by atoms with Crippen molar-refractivity contribution < 1.29 is 29.7 Å². The van der Waals surface area contributed by atoms with Crippen LogP contribution in [0.25, 0.3) is 0 Å². The first-order valence-corrected chi connectivity index (χ1v) is 3.29. The molecule has 6 nitrogen and oxygen atoms in total. The molecule has 78 valence electrons. The zero-order valence-electron chi connectivity index (χ0n) is 7.27. The Morgan fingerprint density at radius 1 is 1.14 bits per heavy atom. The minimum atomic E-state index is -1.27. The molecule has 0 rings (SSSR count). The van der Waals surface area contributed by atoms with Gasteiger partial charge in [0.05, 0.1) is 6.42 Å². The summed E-state index contributed by atoms with van der Waals surface area (Å²) in [6.07, 6.45) is 0.329. The molecule has 0 aliphatic carbocycles. The molecule has 3 N–H and O–H groups in total. The number of carbonyl (C=O) groups is 3. The van der Waals surface area contributed by atoms with Gasteiger partial charge in [0, 0.05) is 11.6 Å². The maximum Gasteiger partial charge on any atom is 0.331 e. The van der Waals surface area contributed by atoms with Crippen molar-refractivity contribution in [3.63, 3.8) is 0 Å². The first kappa shape index (κ1) is 14.4. The molecule has 6 heteroatoms. The molecule has 0 aromatic heterocycles. The third-order valence-electron chi connectivity index (χ3n) is 0.842. The Labute approximate surface area is 79.8 Å². The van der Waals surface area contributed by atoms with Gasteiger partial charge in [-0.05, 0) is 0 Å². The zero-order chi connectivity index (χ0) is 11.7. The van der Waals surface area contributed by atoms with Gasteiger partial charge < -0.3 is 15.3 Å². The lowest BCUT2D eigenvalue weighted by Gasteiger charge is -1.91. The van der Waals surface area contributed by atoms with E-state index in [1.165, 1.54) is 0 Å². The van der Waals surface area contributed by atoms with Gasteiger partial charge in [0.15, 0.2) is 0 Å². The van der Waals surface area contributed by atoms with E-state index in [0.29, 0.717) is 0 Å². The molecule has 0 aromatic rings. The fourth-order valence-electron chi connectivity index (χ4n) is 0.258. The summed E-state index contributed by atoms with van der Waals surface area (Å²) in [4.78, 5) is 28.9. The molecule has 0 saturated heterocycles. The highest BCUT2D eigenvalue weighted by molar-refractivity contribution is 5.91. The first-order valence-electron chi connectivity index (χ1n) is 3.29. The number of hydrogen-bond acceptors (Lipinski definition) is 3. The van der Waals surface area contributed by atoms with E-state index in [4.69, 9.17) is 15.3 Å². The molecule has 0 saturated carbocycles. The minimum Gasteiger partial charge on any atom is -0.481 e. The van der Waals surface area contributed by atoms with Gasteiger partial charge in [0.2, 0.25) is 0 Å². The van der Waals surface area contributed by atoms with Crippen LogP contribution in [-0.2, 0) is 14.4 Å². The number of carboxylic acids is 3. The molecule has 0 spiro atoms. The largest absolute Gasteiger partial charge is 0.481 e. The van der Waals surface area contributed by atoms with Crippen molar-refractivity contribution in [1.82, 2.24) is 0 Å². The van der Waals surface area contributed by atoms with E-state index in [1.807, 2.05) is 0 Å². The standard InChI is InChI=1S/C5H6O4.C3H4O2/c1-3(5(8)9)2-4(6)7;1-2-3(4)5/h1-2H2,(H,6,7)(H,8,9);2H,1H2,(H,4,5). The zero-order valence-corrected chi connectivity index (χ0v) is 7.27. The van der Waals surface area contributed by atoms with Crippen molar-refractivity contribution in [2.45, 2.75) is 6.42 Å². The van der Waals surface area contributed by atoms with Crippen LogP contribution in [0.4, 0.5) is 0 Å². The van der Waals surface area contributed by atoms with Crippen molar-refractivity contribution in [2.75, 3.05) is 0 Å². The smallest absolute Gasteiger partial charge is 0.331 e. The van der Waals surface area contributed by atoms with E-state index in [0.717, 1.165) is 6.08 Å². The second-order valence-corrected chi connectivity index (χ2v) is 2.02. The Balaban J connectivity index is 0. The molecule has 0 aromatic carbocycles. The number of hydrogen-bond donors (Lipinski definition) is 3. The van der Waals surface area contributed by atoms with Gasteiger partial charge in [-0.3, -0.25) is 4.79 Å². The lowest BCUT2D eigenvalue weighted by atomic mass is 10.2. The highest BCUT2D eigenvalue weighted by Gasteiger charge is 2.07. The summed E-state index contributed by atoms with van der Waals surface area (Å²) in [6, 6.07) is 0. The molecule has 0 heterocycles. The lowest BCUT2D eigenvalue weighted by Crippen LogP contribution is -2.04. The maximum atomic E-state index is 9.87. The van der Waals surface area contributed by atoms with E-state index in [-0.39, 0.29) is 5.57 Å². The minimum absolute atomic E-state index is 0.303. The number of rotatable bonds is 4. The van der Waals surface area contributed by atoms with Crippen LogP contribution in [0.15, 0.2) is 24.8 Å².